The average molecular weight is 582 g/mol. The van der Waals surface area contributed by atoms with E-state index < -0.39 is 17.2 Å². The van der Waals surface area contributed by atoms with Crippen LogP contribution in [0.1, 0.15) is 44.7 Å². The Morgan fingerprint density at radius 1 is 1.17 bits per heavy atom. The summed E-state index contributed by atoms with van der Waals surface area (Å²) < 4.78 is 34.9. The number of nitrogens with zero attached hydrogens (tertiary/aromatic N) is 4. The van der Waals surface area contributed by atoms with Crippen LogP contribution in [-0.4, -0.2) is 44.2 Å². The molecule has 0 radical (unpaired) electrons. The van der Waals surface area contributed by atoms with Gasteiger partial charge in [0.1, 0.15) is 11.2 Å². The van der Waals surface area contributed by atoms with Crippen LogP contribution in [0.15, 0.2) is 48.7 Å². The predicted molar refractivity (Wildman–Crippen MR) is 157 cm³/mol. The summed E-state index contributed by atoms with van der Waals surface area (Å²) in [6.07, 6.45) is 3.30. The van der Waals surface area contributed by atoms with E-state index >= 15 is 0 Å². The molecule has 7 nitrogen and oxygen atoms in total. The lowest BCUT2D eigenvalue weighted by molar-refractivity contribution is 0.0158. The highest BCUT2D eigenvalue weighted by molar-refractivity contribution is 6.33. The van der Waals surface area contributed by atoms with Gasteiger partial charge in [-0.2, -0.15) is 4.98 Å². The minimum absolute atomic E-state index is 0.168. The first kappa shape index (κ1) is 28.8. The first-order chi connectivity index (χ1) is 19.5. The van der Waals surface area contributed by atoms with Gasteiger partial charge >= 0.3 is 6.09 Å². The van der Waals surface area contributed by atoms with Crippen molar-refractivity contribution in [2.75, 3.05) is 18.4 Å². The zero-order valence-corrected chi connectivity index (χ0v) is 24.4. The molecule has 1 amide bonds. The lowest BCUT2D eigenvalue weighted by Crippen LogP contribution is -2.43. The van der Waals surface area contributed by atoms with E-state index in [1.165, 1.54) is 6.07 Å². The van der Waals surface area contributed by atoms with E-state index in [1.807, 2.05) is 52.0 Å². The molecule has 41 heavy (non-hydrogen) atoms. The Bertz CT molecular complexity index is 1580. The van der Waals surface area contributed by atoms with Gasteiger partial charge in [-0.15, -0.1) is 0 Å². The van der Waals surface area contributed by atoms with E-state index in [4.69, 9.17) is 21.3 Å². The fraction of sp³-hybridized carbons (Fsp3) is 0.387. The SMILES string of the molecule is Cc1c(-c2ccccc2Cl)n(C[C@H]2CCCN(C(=O)OC(C)(C)C)C2)c2nc(NCc3ccc(F)c(F)c3)ncc12. The Morgan fingerprint density at radius 2 is 1.95 bits per heavy atom. The van der Waals surface area contributed by atoms with Crippen LogP contribution < -0.4 is 5.32 Å². The Hall–Kier alpha value is -3.72. The van der Waals surface area contributed by atoms with E-state index in [-0.39, 0.29) is 18.6 Å². The molecule has 1 saturated heterocycles. The maximum atomic E-state index is 13.7. The van der Waals surface area contributed by atoms with Crippen molar-refractivity contribution in [3.8, 4) is 11.3 Å². The molecule has 1 aliphatic heterocycles. The number of likely N-dealkylation sites (tertiary alicyclic amines) is 1. The van der Waals surface area contributed by atoms with Crippen LogP contribution in [0.4, 0.5) is 19.5 Å². The number of rotatable bonds is 6. The normalized spacial score (nSPS) is 15.8. The summed E-state index contributed by atoms with van der Waals surface area (Å²) in [5, 5.41) is 4.65. The molecule has 5 rings (SSSR count). The number of halogens is 3. The monoisotopic (exact) mass is 581 g/mol. The predicted octanol–water partition coefficient (Wildman–Crippen LogP) is 7.60. The van der Waals surface area contributed by atoms with E-state index in [0.717, 1.165) is 52.8 Å². The average Bonchev–Trinajstić information content (AvgIpc) is 3.19. The van der Waals surface area contributed by atoms with Gasteiger partial charge in [-0.05, 0) is 75.8 Å². The molecule has 1 N–H and O–H groups in total. The molecule has 1 atom stereocenters. The molecule has 0 aliphatic carbocycles. The Kier molecular flexibility index (Phi) is 8.18. The van der Waals surface area contributed by atoms with Crippen molar-refractivity contribution in [2.24, 2.45) is 5.92 Å². The second-order valence-electron chi connectivity index (χ2n) is 11.5. The topological polar surface area (TPSA) is 72.3 Å². The molecular formula is C31H34ClF2N5O2. The molecule has 1 fully saturated rings. The van der Waals surface area contributed by atoms with Crippen molar-refractivity contribution in [1.29, 1.82) is 0 Å². The quantitative estimate of drug-likeness (QED) is 0.254. The van der Waals surface area contributed by atoms with Crippen molar-refractivity contribution >= 4 is 34.7 Å². The van der Waals surface area contributed by atoms with Gasteiger partial charge in [0, 0.05) is 48.3 Å². The van der Waals surface area contributed by atoms with Crippen molar-refractivity contribution < 1.29 is 18.3 Å². The number of fused-ring (bicyclic) bond motifs is 1. The number of carbonyl (C=O) groups is 1. The zero-order valence-electron chi connectivity index (χ0n) is 23.7. The fourth-order valence-electron chi connectivity index (χ4n) is 5.34. The zero-order chi connectivity index (χ0) is 29.3. The van der Waals surface area contributed by atoms with Crippen molar-refractivity contribution in [3.63, 3.8) is 0 Å². The molecule has 2 aromatic heterocycles. The van der Waals surface area contributed by atoms with Crippen molar-refractivity contribution in [3.05, 3.63) is 76.4 Å². The second-order valence-corrected chi connectivity index (χ2v) is 11.9. The van der Waals surface area contributed by atoms with Crippen LogP contribution in [0.25, 0.3) is 22.3 Å². The molecule has 0 saturated carbocycles. The van der Waals surface area contributed by atoms with Crippen LogP contribution in [-0.2, 0) is 17.8 Å². The standard InChI is InChI=1S/C31H34ClF2N5O2/c1-19-23-16-36-29(35-15-20-11-12-25(33)26(34)14-20)37-28(23)39(27(19)22-9-5-6-10-24(22)32)18-21-8-7-13-38(17-21)30(40)41-31(2,3)4/h5-6,9-12,14,16,21H,7-8,13,15,17-18H2,1-4H3,(H,35,36,37)/t21-/m0/s1. The first-order valence-electron chi connectivity index (χ1n) is 13.8. The van der Waals surface area contributed by atoms with Gasteiger partial charge in [0.2, 0.25) is 5.95 Å². The lowest BCUT2D eigenvalue weighted by atomic mass is 9.97. The fourth-order valence-corrected chi connectivity index (χ4v) is 5.56. The number of benzene rings is 2. The largest absolute Gasteiger partial charge is 0.444 e. The van der Waals surface area contributed by atoms with Crippen LogP contribution in [0.2, 0.25) is 5.02 Å². The third-order valence-electron chi connectivity index (χ3n) is 7.23. The maximum absolute atomic E-state index is 13.7. The van der Waals surface area contributed by atoms with E-state index in [2.05, 4.69) is 14.9 Å². The summed E-state index contributed by atoms with van der Waals surface area (Å²) in [6, 6.07) is 11.5. The molecule has 216 valence electrons. The lowest BCUT2D eigenvalue weighted by Gasteiger charge is -2.34. The van der Waals surface area contributed by atoms with Gasteiger partial charge in [0.15, 0.2) is 11.6 Å². The van der Waals surface area contributed by atoms with E-state index in [0.29, 0.717) is 36.2 Å². The highest BCUT2D eigenvalue weighted by Crippen LogP contribution is 2.37. The van der Waals surface area contributed by atoms with Crippen LogP contribution in [0, 0.1) is 24.5 Å². The highest BCUT2D eigenvalue weighted by Gasteiger charge is 2.29. The Labute approximate surface area is 243 Å². The van der Waals surface area contributed by atoms with E-state index in [1.54, 1.807) is 11.1 Å². The van der Waals surface area contributed by atoms with Gasteiger partial charge in [0.05, 0.1) is 5.69 Å². The molecule has 3 heterocycles. The van der Waals surface area contributed by atoms with Gasteiger partial charge < -0.3 is 19.5 Å². The summed E-state index contributed by atoms with van der Waals surface area (Å²) in [6.45, 7) is 9.72. The number of piperidine rings is 1. The molecule has 10 heteroatoms. The molecule has 0 unspecified atom stereocenters. The second kappa shape index (κ2) is 11.6. The van der Waals surface area contributed by atoms with E-state index in [9.17, 15) is 13.6 Å². The number of aryl methyl sites for hydroxylation is 1. The Morgan fingerprint density at radius 3 is 2.68 bits per heavy atom. The minimum Gasteiger partial charge on any atom is -0.444 e. The number of aromatic nitrogens is 3. The molecule has 0 spiro atoms. The summed E-state index contributed by atoms with van der Waals surface area (Å²) in [5.41, 5.74) is 3.58. The number of nitrogens with one attached hydrogen (secondary N) is 1. The molecule has 2 aromatic carbocycles. The highest BCUT2D eigenvalue weighted by atomic mass is 35.5. The minimum atomic E-state index is -0.900. The number of anilines is 1. The third-order valence-corrected chi connectivity index (χ3v) is 7.56. The van der Waals surface area contributed by atoms with Crippen LogP contribution in [0.5, 0.6) is 0 Å². The molecule has 4 aromatic rings. The van der Waals surface area contributed by atoms with Gasteiger partial charge in [-0.3, -0.25) is 0 Å². The summed E-state index contributed by atoms with van der Waals surface area (Å²) in [5.74, 6) is -1.26. The molecule has 0 bridgehead atoms. The first-order valence-corrected chi connectivity index (χ1v) is 14.1. The molecular weight excluding hydrogens is 548 g/mol. The summed E-state index contributed by atoms with van der Waals surface area (Å²) >= 11 is 6.68. The number of amides is 1. The maximum Gasteiger partial charge on any atom is 0.410 e. The van der Waals surface area contributed by atoms with Crippen LogP contribution >= 0.6 is 11.6 Å². The number of hydrogen-bond donors (Lipinski definition) is 1. The number of ether oxygens (including phenoxy) is 1. The summed E-state index contributed by atoms with van der Waals surface area (Å²) in [4.78, 5) is 24.0. The van der Waals surface area contributed by atoms with Gasteiger partial charge in [-0.1, -0.05) is 35.9 Å². The summed E-state index contributed by atoms with van der Waals surface area (Å²) in [7, 11) is 0. The van der Waals surface area contributed by atoms with Crippen LogP contribution in [0.3, 0.4) is 0 Å². The van der Waals surface area contributed by atoms with Crippen molar-refractivity contribution in [2.45, 2.75) is 59.2 Å². The van der Waals surface area contributed by atoms with Gasteiger partial charge in [0.25, 0.3) is 0 Å². The van der Waals surface area contributed by atoms with Gasteiger partial charge in [-0.25, -0.2) is 18.6 Å². The molecule has 1 aliphatic rings. The third kappa shape index (κ3) is 6.45. The smallest absolute Gasteiger partial charge is 0.410 e. The number of hydrogen-bond acceptors (Lipinski definition) is 5. The Balaban J connectivity index is 1.49. The number of carbonyl (C=O) groups excluding carboxylic acids is 1. The van der Waals surface area contributed by atoms with Crippen molar-refractivity contribution in [1.82, 2.24) is 19.4 Å².